The first-order chi connectivity index (χ1) is 20.9. The van der Waals surface area contributed by atoms with Crippen molar-refractivity contribution in [2.45, 2.75) is 6.42 Å². The Labute approximate surface area is 253 Å². The summed E-state index contributed by atoms with van der Waals surface area (Å²) in [5.41, 5.74) is 3.21. The molecule has 0 bridgehead atoms. The molecular weight excluding hydrogens is 544 g/mol. The lowest BCUT2D eigenvalue weighted by Crippen LogP contribution is -2.37. The van der Waals surface area contributed by atoms with Crippen LogP contribution < -0.4 is 15.5 Å². The van der Waals surface area contributed by atoms with E-state index in [1.54, 1.807) is 43.8 Å². The Morgan fingerprint density at radius 2 is 1.88 bits per heavy atom. The predicted octanol–water partition coefficient (Wildman–Crippen LogP) is 2.28. The summed E-state index contributed by atoms with van der Waals surface area (Å²) in [5.74, 6) is 7.18. The number of rotatable bonds is 11. The van der Waals surface area contributed by atoms with Crippen LogP contribution in [0.5, 0.6) is 0 Å². The number of nitrogens with zero attached hydrogens (tertiary/aromatic N) is 6. The van der Waals surface area contributed by atoms with E-state index in [1.807, 2.05) is 43.3 Å². The largest absolute Gasteiger partial charge is 0.378 e. The van der Waals surface area contributed by atoms with Crippen LogP contribution in [0.4, 0.5) is 17.5 Å². The molecule has 0 aliphatic carbocycles. The third kappa shape index (κ3) is 10.2. The second-order valence-corrected chi connectivity index (χ2v) is 10.3. The molecule has 11 nitrogen and oxygen atoms in total. The molecule has 3 heterocycles. The zero-order chi connectivity index (χ0) is 30.4. The zero-order valence-electron chi connectivity index (χ0n) is 24.9. The molecule has 0 radical (unpaired) electrons. The molecule has 224 valence electrons. The molecule has 1 saturated heterocycles. The van der Waals surface area contributed by atoms with E-state index in [2.05, 4.69) is 37.3 Å². The first kappa shape index (κ1) is 31.2. The summed E-state index contributed by atoms with van der Waals surface area (Å²) in [6, 6.07) is 11.3. The number of amides is 2. The number of nitrogens with one attached hydrogen (secondary N) is 2. The van der Waals surface area contributed by atoms with Gasteiger partial charge < -0.3 is 30.1 Å². The van der Waals surface area contributed by atoms with Crippen molar-refractivity contribution in [2.24, 2.45) is 0 Å². The Morgan fingerprint density at radius 1 is 1.09 bits per heavy atom. The summed E-state index contributed by atoms with van der Waals surface area (Å²) in [7, 11) is 5.43. The number of carbonyl (C=O) groups excluding carboxylic acids is 2. The van der Waals surface area contributed by atoms with Crippen LogP contribution in [-0.4, -0.2) is 104 Å². The summed E-state index contributed by atoms with van der Waals surface area (Å²) in [4.78, 5) is 43.7. The fraction of sp³-hybridized carbons (Fsp3) is 0.344. The SMILES string of the molecule is CN(C)C/C=C/C(=O)N(C)CC(=O)Nc1cccc(C#Cc2cnc(NCCc3ccncc3)nc2N2CCOCC2)c1. The summed E-state index contributed by atoms with van der Waals surface area (Å²) in [5, 5.41) is 6.17. The van der Waals surface area contributed by atoms with E-state index in [4.69, 9.17) is 9.72 Å². The lowest BCUT2D eigenvalue weighted by atomic mass is 10.2. The molecule has 43 heavy (non-hydrogen) atoms. The summed E-state index contributed by atoms with van der Waals surface area (Å²) in [6.45, 7) is 3.94. The van der Waals surface area contributed by atoms with Gasteiger partial charge in [0.25, 0.3) is 0 Å². The number of hydrogen-bond acceptors (Lipinski definition) is 9. The molecule has 11 heteroatoms. The fourth-order valence-corrected chi connectivity index (χ4v) is 4.23. The van der Waals surface area contributed by atoms with Crippen molar-refractivity contribution in [2.75, 3.05) is 82.6 Å². The Hall–Kier alpha value is -4.79. The number of pyridine rings is 1. The van der Waals surface area contributed by atoms with Crippen molar-refractivity contribution < 1.29 is 14.3 Å². The topological polar surface area (TPSA) is 116 Å². The van der Waals surface area contributed by atoms with Crippen molar-refractivity contribution in [1.82, 2.24) is 24.8 Å². The zero-order valence-corrected chi connectivity index (χ0v) is 24.9. The van der Waals surface area contributed by atoms with E-state index >= 15 is 0 Å². The average Bonchev–Trinajstić information content (AvgIpc) is 3.01. The molecule has 0 spiro atoms. The summed E-state index contributed by atoms with van der Waals surface area (Å²) < 4.78 is 5.54. The smallest absolute Gasteiger partial charge is 0.246 e. The van der Waals surface area contributed by atoms with Gasteiger partial charge in [0.15, 0.2) is 0 Å². The molecule has 3 aromatic rings. The molecule has 2 N–H and O–H groups in total. The summed E-state index contributed by atoms with van der Waals surface area (Å²) >= 11 is 0. The monoisotopic (exact) mass is 582 g/mol. The first-order valence-corrected chi connectivity index (χ1v) is 14.2. The van der Waals surface area contributed by atoms with Gasteiger partial charge in [-0.2, -0.15) is 4.98 Å². The highest BCUT2D eigenvalue weighted by molar-refractivity contribution is 5.96. The highest BCUT2D eigenvalue weighted by Crippen LogP contribution is 2.20. The maximum atomic E-state index is 12.6. The number of morpholine rings is 1. The second-order valence-electron chi connectivity index (χ2n) is 10.3. The van der Waals surface area contributed by atoms with Gasteiger partial charge in [0.1, 0.15) is 5.82 Å². The van der Waals surface area contributed by atoms with E-state index < -0.39 is 0 Å². The van der Waals surface area contributed by atoms with Gasteiger partial charge >= 0.3 is 0 Å². The van der Waals surface area contributed by atoms with Crippen molar-refractivity contribution in [1.29, 1.82) is 0 Å². The van der Waals surface area contributed by atoms with Crippen LogP contribution in [0, 0.1) is 11.8 Å². The molecule has 4 rings (SSSR count). The molecule has 1 aromatic carbocycles. The molecule has 0 unspecified atom stereocenters. The van der Waals surface area contributed by atoms with Crippen molar-refractivity contribution >= 4 is 29.3 Å². The van der Waals surface area contributed by atoms with Gasteiger partial charge in [-0.25, -0.2) is 4.98 Å². The van der Waals surface area contributed by atoms with Crippen LogP contribution in [0.1, 0.15) is 16.7 Å². The van der Waals surface area contributed by atoms with E-state index in [9.17, 15) is 9.59 Å². The number of likely N-dealkylation sites (N-methyl/N-ethyl adjacent to an activating group) is 2. The van der Waals surface area contributed by atoms with Crippen molar-refractivity contribution in [3.63, 3.8) is 0 Å². The fourth-order valence-electron chi connectivity index (χ4n) is 4.23. The normalized spacial score (nSPS) is 13.0. The van der Waals surface area contributed by atoms with Crippen LogP contribution >= 0.6 is 0 Å². The number of benzene rings is 1. The van der Waals surface area contributed by atoms with E-state index in [0.29, 0.717) is 56.6 Å². The Balaban J connectivity index is 1.42. The number of aromatic nitrogens is 3. The lowest BCUT2D eigenvalue weighted by molar-refractivity contribution is -0.129. The highest BCUT2D eigenvalue weighted by Gasteiger charge is 2.17. The van der Waals surface area contributed by atoms with Gasteiger partial charge in [0.2, 0.25) is 17.8 Å². The predicted molar refractivity (Wildman–Crippen MR) is 168 cm³/mol. The standard InChI is InChI=1S/C32H38N8O3/c1-38(2)17-5-8-30(42)39(3)24-29(41)36-28-7-4-6-26(22-28)9-10-27-23-35-32(34-16-13-25-11-14-33-15-12-25)37-31(27)40-18-20-43-21-19-40/h4-8,11-12,14-15,22-23H,13,16-21,24H2,1-3H3,(H,36,41)(H,34,35,37)/b8-5+. The van der Waals surface area contributed by atoms with Crippen LogP contribution in [0.2, 0.25) is 0 Å². The quantitative estimate of drug-likeness (QED) is 0.260. The van der Waals surface area contributed by atoms with E-state index in [-0.39, 0.29) is 18.4 Å². The maximum Gasteiger partial charge on any atom is 0.246 e. The van der Waals surface area contributed by atoms with Gasteiger partial charge in [0, 0.05) is 62.9 Å². The van der Waals surface area contributed by atoms with Gasteiger partial charge in [-0.15, -0.1) is 0 Å². The Morgan fingerprint density at radius 3 is 2.65 bits per heavy atom. The third-order valence-electron chi connectivity index (χ3n) is 6.50. The molecule has 1 aliphatic heterocycles. The first-order valence-electron chi connectivity index (χ1n) is 14.2. The van der Waals surface area contributed by atoms with Gasteiger partial charge in [-0.1, -0.05) is 24.0 Å². The minimum Gasteiger partial charge on any atom is -0.378 e. The molecular formula is C32H38N8O3. The Kier molecular flexibility index (Phi) is 11.6. The lowest BCUT2D eigenvalue weighted by Gasteiger charge is -2.28. The molecule has 2 aromatic heterocycles. The highest BCUT2D eigenvalue weighted by atomic mass is 16.5. The van der Waals surface area contributed by atoms with E-state index in [1.165, 1.54) is 16.5 Å². The second kappa shape index (κ2) is 16.0. The number of ether oxygens (including phenoxy) is 1. The molecule has 1 fully saturated rings. The minimum absolute atomic E-state index is 0.0652. The minimum atomic E-state index is -0.294. The van der Waals surface area contributed by atoms with Crippen LogP contribution in [0.25, 0.3) is 0 Å². The van der Waals surface area contributed by atoms with Crippen LogP contribution in [-0.2, 0) is 20.7 Å². The Bertz CT molecular complexity index is 1460. The van der Waals surface area contributed by atoms with Gasteiger partial charge in [-0.05, 0) is 56.4 Å². The number of hydrogen-bond donors (Lipinski definition) is 2. The average molecular weight is 583 g/mol. The van der Waals surface area contributed by atoms with Gasteiger partial charge in [0.05, 0.1) is 31.5 Å². The van der Waals surface area contributed by atoms with E-state index in [0.717, 1.165) is 17.8 Å². The van der Waals surface area contributed by atoms with Crippen LogP contribution in [0.3, 0.4) is 0 Å². The summed E-state index contributed by atoms with van der Waals surface area (Å²) in [6.07, 6.45) is 9.38. The molecule has 1 aliphatic rings. The van der Waals surface area contributed by atoms with Crippen LogP contribution in [0.15, 0.2) is 67.1 Å². The number of anilines is 3. The maximum absolute atomic E-state index is 12.6. The van der Waals surface area contributed by atoms with Crippen molar-refractivity contribution in [3.05, 3.63) is 83.8 Å². The molecule has 0 saturated carbocycles. The van der Waals surface area contributed by atoms with Crippen molar-refractivity contribution in [3.8, 4) is 11.8 Å². The molecule has 0 atom stereocenters. The third-order valence-corrected chi connectivity index (χ3v) is 6.50. The van der Waals surface area contributed by atoms with Gasteiger partial charge in [-0.3, -0.25) is 14.6 Å². The number of carbonyl (C=O) groups is 2. The molecule has 2 amide bonds.